The second-order valence-corrected chi connectivity index (χ2v) is 6.03. The van der Waals surface area contributed by atoms with Gasteiger partial charge in [-0.1, -0.05) is 12.1 Å². The average Bonchev–Trinajstić information content (AvgIpc) is 3.10. The third-order valence-corrected chi connectivity index (χ3v) is 3.97. The van der Waals surface area contributed by atoms with Gasteiger partial charge in [0.15, 0.2) is 5.65 Å². The number of hydrogen-bond donors (Lipinski definition) is 1. The fourth-order valence-electron chi connectivity index (χ4n) is 2.75. The summed E-state index contributed by atoms with van der Waals surface area (Å²) in [5.41, 5.74) is 0.481. The van der Waals surface area contributed by atoms with Crippen LogP contribution in [-0.4, -0.2) is 31.9 Å². The van der Waals surface area contributed by atoms with Crippen LogP contribution < -0.4 is 10.1 Å². The monoisotopic (exact) mass is 417 g/mol. The van der Waals surface area contributed by atoms with Gasteiger partial charge in [0.2, 0.25) is 0 Å². The third-order valence-electron chi connectivity index (χ3n) is 3.97. The molecule has 0 saturated heterocycles. The van der Waals surface area contributed by atoms with Crippen molar-refractivity contribution in [2.75, 3.05) is 5.32 Å². The molecule has 4 aromatic rings. The molecule has 11 heteroatoms. The lowest BCUT2D eigenvalue weighted by molar-refractivity contribution is -0.274. The first kappa shape index (κ1) is 19.3. The number of anilines is 1. The number of carbonyl (C=O) groups excluding carboxylic acids is 1. The lowest BCUT2D eigenvalue weighted by Gasteiger charge is -2.13. The highest BCUT2D eigenvalue weighted by Gasteiger charge is 2.32. The maximum absolute atomic E-state index is 13.3. The van der Waals surface area contributed by atoms with Crippen molar-refractivity contribution < 1.29 is 27.1 Å². The SMILES string of the molecule is O=C(Nc1cncc(F)c1)c1cnn2ccc(-c3ccccc3OC(F)(F)F)nc12. The second kappa shape index (κ2) is 7.43. The Morgan fingerprint density at radius 3 is 2.67 bits per heavy atom. The van der Waals surface area contributed by atoms with Gasteiger partial charge < -0.3 is 10.1 Å². The van der Waals surface area contributed by atoms with Crippen LogP contribution in [0.1, 0.15) is 10.4 Å². The number of hydrogen-bond acceptors (Lipinski definition) is 5. The van der Waals surface area contributed by atoms with Crippen molar-refractivity contribution >= 4 is 17.2 Å². The van der Waals surface area contributed by atoms with Crippen LogP contribution in [0.3, 0.4) is 0 Å². The zero-order valence-corrected chi connectivity index (χ0v) is 14.9. The van der Waals surface area contributed by atoms with Crippen molar-refractivity contribution in [3.05, 3.63) is 72.6 Å². The number of amides is 1. The predicted molar refractivity (Wildman–Crippen MR) is 97.3 cm³/mol. The van der Waals surface area contributed by atoms with Crippen molar-refractivity contribution in [1.29, 1.82) is 0 Å². The largest absolute Gasteiger partial charge is 0.573 e. The molecule has 0 unspecified atom stereocenters. The first-order valence-electron chi connectivity index (χ1n) is 8.41. The lowest BCUT2D eigenvalue weighted by atomic mass is 10.1. The average molecular weight is 417 g/mol. The number of pyridine rings is 1. The molecule has 0 aliphatic heterocycles. The van der Waals surface area contributed by atoms with Crippen LogP contribution >= 0.6 is 0 Å². The number of halogens is 4. The number of carbonyl (C=O) groups is 1. The highest BCUT2D eigenvalue weighted by molar-refractivity contribution is 6.08. The molecule has 0 fully saturated rings. The van der Waals surface area contributed by atoms with E-state index in [-0.39, 0.29) is 28.2 Å². The zero-order chi connectivity index (χ0) is 21.3. The second-order valence-electron chi connectivity index (χ2n) is 6.03. The Kier molecular flexibility index (Phi) is 4.78. The van der Waals surface area contributed by atoms with Gasteiger partial charge in [-0.3, -0.25) is 9.78 Å². The standard InChI is InChI=1S/C19H11F4N5O2/c20-11-7-12(9-24-8-11)26-18(29)14-10-25-28-6-5-15(27-17(14)28)13-3-1-2-4-16(13)30-19(21,22)23/h1-10H,(H,26,29). The topological polar surface area (TPSA) is 81.4 Å². The molecule has 1 N–H and O–H groups in total. The summed E-state index contributed by atoms with van der Waals surface area (Å²) in [6.45, 7) is 0. The van der Waals surface area contributed by atoms with Crippen LogP contribution in [0.4, 0.5) is 23.2 Å². The maximum atomic E-state index is 13.3. The molecule has 152 valence electrons. The van der Waals surface area contributed by atoms with Gasteiger partial charge in [-0.25, -0.2) is 13.9 Å². The summed E-state index contributed by atoms with van der Waals surface area (Å²) >= 11 is 0. The molecule has 3 aromatic heterocycles. The van der Waals surface area contributed by atoms with E-state index in [9.17, 15) is 22.4 Å². The number of ether oxygens (including phenoxy) is 1. The summed E-state index contributed by atoms with van der Waals surface area (Å²) in [7, 11) is 0. The predicted octanol–water partition coefficient (Wildman–Crippen LogP) is 4.08. The van der Waals surface area contributed by atoms with E-state index in [4.69, 9.17) is 0 Å². The molecular formula is C19H11F4N5O2. The number of nitrogens with one attached hydrogen (secondary N) is 1. The van der Waals surface area contributed by atoms with Gasteiger partial charge in [-0.15, -0.1) is 13.2 Å². The summed E-state index contributed by atoms with van der Waals surface area (Å²) in [6.07, 6.45) is 0.0608. The zero-order valence-electron chi connectivity index (χ0n) is 14.9. The molecule has 1 amide bonds. The summed E-state index contributed by atoms with van der Waals surface area (Å²) in [4.78, 5) is 20.5. The summed E-state index contributed by atoms with van der Waals surface area (Å²) in [5.74, 6) is -1.70. The molecule has 0 radical (unpaired) electrons. The molecule has 1 aromatic carbocycles. The van der Waals surface area contributed by atoms with E-state index >= 15 is 0 Å². The number of nitrogens with zero attached hydrogens (tertiary/aromatic N) is 4. The van der Waals surface area contributed by atoms with Crippen LogP contribution in [0.2, 0.25) is 0 Å². The van der Waals surface area contributed by atoms with Gasteiger partial charge in [-0.2, -0.15) is 5.10 Å². The fraction of sp³-hybridized carbons (Fsp3) is 0.0526. The normalized spacial score (nSPS) is 11.5. The molecule has 30 heavy (non-hydrogen) atoms. The first-order chi connectivity index (χ1) is 14.3. The van der Waals surface area contributed by atoms with Crippen molar-refractivity contribution in [1.82, 2.24) is 19.6 Å². The van der Waals surface area contributed by atoms with Gasteiger partial charge in [0, 0.05) is 17.8 Å². The van der Waals surface area contributed by atoms with Gasteiger partial charge in [0.25, 0.3) is 5.91 Å². The molecule has 0 atom stereocenters. The number of rotatable bonds is 4. The van der Waals surface area contributed by atoms with E-state index < -0.39 is 23.8 Å². The molecule has 0 aliphatic rings. The highest BCUT2D eigenvalue weighted by atomic mass is 19.4. The van der Waals surface area contributed by atoms with Crippen LogP contribution in [0, 0.1) is 5.82 Å². The Morgan fingerprint density at radius 2 is 1.90 bits per heavy atom. The van der Waals surface area contributed by atoms with Gasteiger partial charge in [-0.05, 0) is 18.2 Å². The number of alkyl halides is 3. The van der Waals surface area contributed by atoms with Crippen molar-refractivity contribution in [3.63, 3.8) is 0 Å². The lowest BCUT2D eigenvalue weighted by Crippen LogP contribution is -2.17. The van der Waals surface area contributed by atoms with E-state index in [1.54, 1.807) is 0 Å². The highest BCUT2D eigenvalue weighted by Crippen LogP contribution is 2.33. The molecule has 7 nitrogen and oxygen atoms in total. The molecule has 0 saturated carbocycles. The van der Waals surface area contributed by atoms with Crippen LogP contribution in [0.5, 0.6) is 5.75 Å². The molecule has 0 aliphatic carbocycles. The maximum Gasteiger partial charge on any atom is 0.573 e. The summed E-state index contributed by atoms with van der Waals surface area (Å²) in [6, 6.07) is 8.03. The van der Waals surface area contributed by atoms with Gasteiger partial charge >= 0.3 is 6.36 Å². The summed E-state index contributed by atoms with van der Waals surface area (Å²) in [5, 5.41) is 6.48. The van der Waals surface area contributed by atoms with Crippen molar-refractivity contribution in [2.24, 2.45) is 0 Å². The van der Waals surface area contributed by atoms with E-state index in [2.05, 4.69) is 25.1 Å². The van der Waals surface area contributed by atoms with Crippen molar-refractivity contribution in [3.8, 4) is 17.0 Å². The molecular weight excluding hydrogens is 406 g/mol. The summed E-state index contributed by atoms with van der Waals surface area (Å²) < 4.78 is 56.7. The van der Waals surface area contributed by atoms with E-state index in [0.29, 0.717) is 0 Å². The van der Waals surface area contributed by atoms with Crippen molar-refractivity contribution in [2.45, 2.75) is 6.36 Å². The Labute approximate surface area is 166 Å². The first-order valence-corrected chi connectivity index (χ1v) is 8.41. The van der Waals surface area contributed by atoms with E-state index in [0.717, 1.165) is 18.3 Å². The van der Waals surface area contributed by atoms with E-state index in [1.807, 2.05) is 0 Å². The van der Waals surface area contributed by atoms with Gasteiger partial charge in [0.1, 0.15) is 17.1 Å². The van der Waals surface area contributed by atoms with Crippen LogP contribution in [0.25, 0.3) is 16.9 Å². The van der Waals surface area contributed by atoms with Crippen LogP contribution in [0.15, 0.2) is 61.2 Å². The molecule has 0 spiro atoms. The quantitative estimate of drug-likeness (QED) is 0.506. The third kappa shape index (κ3) is 4.04. The molecule has 4 rings (SSSR count). The Bertz CT molecular complexity index is 1240. The molecule has 0 bridgehead atoms. The minimum atomic E-state index is -4.87. The Morgan fingerprint density at radius 1 is 1.10 bits per heavy atom. The number of para-hydroxylation sites is 1. The number of benzene rings is 1. The number of aromatic nitrogens is 4. The number of fused-ring (bicyclic) bond motifs is 1. The van der Waals surface area contributed by atoms with Gasteiger partial charge in [0.05, 0.1) is 30.0 Å². The Balaban J connectivity index is 1.71. The Hall–Kier alpha value is -4.02. The molecule has 3 heterocycles. The fourth-order valence-corrected chi connectivity index (χ4v) is 2.75. The minimum Gasteiger partial charge on any atom is -0.405 e. The smallest absolute Gasteiger partial charge is 0.405 e. The van der Waals surface area contributed by atoms with E-state index in [1.165, 1.54) is 47.4 Å². The minimum absolute atomic E-state index is 0.0373. The van der Waals surface area contributed by atoms with Crippen LogP contribution in [-0.2, 0) is 0 Å².